The smallest absolute Gasteiger partial charge is 0.228 e. The molecule has 24 heavy (non-hydrogen) atoms. The average Bonchev–Trinajstić information content (AvgIpc) is 3.21. The summed E-state index contributed by atoms with van der Waals surface area (Å²) in [4.78, 5) is 12.5. The van der Waals surface area contributed by atoms with E-state index in [0.717, 1.165) is 32.4 Å². The van der Waals surface area contributed by atoms with Crippen molar-refractivity contribution < 1.29 is 13.2 Å². The number of benzene rings is 1. The molecule has 1 aromatic carbocycles. The number of hydrogen-bond donors (Lipinski definition) is 2. The molecule has 0 radical (unpaired) electrons. The lowest BCUT2D eigenvalue weighted by Gasteiger charge is -2.23. The second-order valence-electron chi connectivity index (χ2n) is 7.41. The molecule has 1 aromatic rings. The second-order valence-corrected chi connectivity index (χ2v) is 9.97. The van der Waals surface area contributed by atoms with Gasteiger partial charge >= 0.3 is 0 Å². The summed E-state index contributed by atoms with van der Waals surface area (Å²) >= 11 is 0. The average molecular weight is 350 g/mol. The zero-order valence-corrected chi connectivity index (χ0v) is 15.2. The number of sulfone groups is 1. The molecule has 2 fully saturated rings. The van der Waals surface area contributed by atoms with E-state index in [0.29, 0.717) is 11.3 Å². The van der Waals surface area contributed by atoms with E-state index in [1.54, 1.807) is 32.0 Å². The number of anilines is 1. The summed E-state index contributed by atoms with van der Waals surface area (Å²) in [5, 5.41) is 5.91. The number of hydrogen-bond acceptors (Lipinski definition) is 4. The van der Waals surface area contributed by atoms with E-state index in [-0.39, 0.29) is 23.0 Å². The highest BCUT2D eigenvalue weighted by atomic mass is 32.2. The third-order valence-electron chi connectivity index (χ3n) is 5.39. The van der Waals surface area contributed by atoms with Crippen molar-refractivity contribution in [2.24, 2.45) is 11.3 Å². The maximum absolute atomic E-state index is 12.5. The summed E-state index contributed by atoms with van der Waals surface area (Å²) in [7, 11) is -3.14. The minimum absolute atomic E-state index is 0.00735. The van der Waals surface area contributed by atoms with Crippen LogP contribution in [0.4, 0.5) is 5.69 Å². The van der Waals surface area contributed by atoms with Gasteiger partial charge in [0, 0.05) is 11.6 Å². The zero-order valence-electron chi connectivity index (χ0n) is 14.3. The molecule has 6 heteroatoms. The first-order valence-corrected chi connectivity index (χ1v) is 10.4. The van der Waals surface area contributed by atoms with Gasteiger partial charge in [0.2, 0.25) is 5.91 Å². The van der Waals surface area contributed by atoms with Gasteiger partial charge in [-0.2, -0.15) is 0 Å². The minimum atomic E-state index is -3.14. The van der Waals surface area contributed by atoms with Crippen molar-refractivity contribution in [1.29, 1.82) is 0 Å². The van der Waals surface area contributed by atoms with E-state index in [1.807, 2.05) is 6.07 Å². The number of carbonyl (C=O) groups excluding carboxylic acids is 1. The Morgan fingerprint density at radius 3 is 2.71 bits per heavy atom. The number of carbonyl (C=O) groups is 1. The molecule has 2 N–H and O–H groups in total. The number of rotatable bonds is 5. The lowest BCUT2D eigenvalue weighted by Crippen LogP contribution is -2.31. The molecule has 1 saturated heterocycles. The van der Waals surface area contributed by atoms with Crippen LogP contribution in [0, 0.1) is 11.3 Å². The molecule has 3 rings (SSSR count). The fraction of sp³-hybridized carbons (Fsp3) is 0.611. The molecule has 1 saturated carbocycles. The van der Waals surface area contributed by atoms with Gasteiger partial charge in [0.05, 0.1) is 11.0 Å². The van der Waals surface area contributed by atoms with E-state index in [4.69, 9.17) is 0 Å². The first-order valence-electron chi connectivity index (χ1n) is 8.64. The van der Waals surface area contributed by atoms with Gasteiger partial charge in [0.15, 0.2) is 9.84 Å². The van der Waals surface area contributed by atoms with Crippen molar-refractivity contribution in [1.82, 2.24) is 5.32 Å². The van der Waals surface area contributed by atoms with Crippen LogP contribution in [0.15, 0.2) is 24.3 Å². The summed E-state index contributed by atoms with van der Waals surface area (Å²) < 4.78 is 24.1. The normalized spacial score (nSPS) is 22.5. The van der Waals surface area contributed by atoms with Gasteiger partial charge in [0.1, 0.15) is 0 Å². The molecule has 1 heterocycles. The zero-order chi connectivity index (χ0) is 17.4. The summed E-state index contributed by atoms with van der Waals surface area (Å²) in [6, 6.07) is 7.19. The van der Waals surface area contributed by atoms with Gasteiger partial charge in [-0.05, 0) is 69.3 Å². The minimum Gasteiger partial charge on any atom is -0.326 e. The molecule has 5 nitrogen and oxygen atoms in total. The van der Waals surface area contributed by atoms with Crippen LogP contribution >= 0.6 is 0 Å². The van der Waals surface area contributed by atoms with E-state index in [2.05, 4.69) is 10.6 Å². The van der Waals surface area contributed by atoms with Gasteiger partial charge < -0.3 is 10.6 Å². The molecular formula is C18H26N2O3S. The molecule has 0 aromatic heterocycles. The van der Waals surface area contributed by atoms with E-state index < -0.39 is 15.1 Å². The molecule has 2 aliphatic rings. The standard InChI is InChI=1S/C18H26N2O3S/c1-13(2)24(22,23)12-14-4-3-5-15(10-14)20-17(21)16-11-18(16)6-8-19-9-7-18/h3-5,10,13,16,19H,6-9,11-12H2,1-2H3,(H,20,21). The number of amides is 1. The number of piperidine rings is 1. The van der Waals surface area contributed by atoms with Crippen LogP contribution in [0.5, 0.6) is 0 Å². The fourth-order valence-corrected chi connectivity index (χ4v) is 4.54. The van der Waals surface area contributed by atoms with Crippen LogP contribution in [0.2, 0.25) is 0 Å². The fourth-order valence-electron chi connectivity index (χ4n) is 3.56. The third kappa shape index (κ3) is 3.64. The highest BCUT2D eigenvalue weighted by molar-refractivity contribution is 7.91. The van der Waals surface area contributed by atoms with Crippen molar-refractivity contribution in [2.45, 2.75) is 44.1 Å². The summed E-state index contributed by atoms with van der Waals surface area (Å²) in [6.45, 7) is 5.36. The van der Waals surface area contributed by atoms with Crippen LogP contribution in [-0.2, 0) is 20.4 Å². The molecule has 1 aliphatic heterocycles. The second kappa shape index (κ2) is 6.48. The first kappa shape index (κ1) is 17.4. The molecular weight excluding hydrogens is 324 g/mol. The number of nitrogens with one attached hydrogen (secondary N) is 2. The highest BCUT2D eigenvalue weighted by Crippen LogP contribution is 2.58. The van der Waals surface area contributed by atoms with Gasteiger partial charge in [-0.1, -0.05) is 12.1 Å². The highest BCUT2D eigenvalue weighted by Gasteiger charge is 2.57. The predicted octanol–water partition coefficient (Wildman–Crippen LogP) is 2.34. The molecule has 1 spiro atoms. The lowest BCUT2D eigenvalue weighted by molar-refractivity contribution is -0.118. The van der Waals surface area contributed by atoms with Gasteiger partial charge in [-0.3, -0.25) is 4.79 Å². The van der Waals surface area contributed by atoms with Crippen molar-refractivity contribution >= 4 is 21.4 Å². The monoisotopic (exact) mass is 350 g/mol. The SMILES string of the molecule is CC(C)S(=O)(=O)Cc1cccc(NC(=O)C2CC23CCNCC3)c1. The molecule has 0 bridgehead atoms. The predicted molar refractivity (Wildman–Crippen MR) is 95.5 cm³/mol. The van der Waals surface area contributed by atoms with Crippen LogP contribution in [0.25, 0.3) is 0 Å². The Balaban J connectivity index is 1.64. The van der Waals surface area contributed by atoms with E-state index >= 15 is 0 Å². The lowest BCUT2D eigenvalue weighted by atomic mass is 9.92. The maximum atomic E-state index is 12.5. The summed E-state index contributed by atoms with van der Waals surface area (Å²) in [5.41, 5.74) is 1.61. The largest absolute Gasteiger partial charge is 0.326 e. The Kier molecular flexibility index (Phi) is 4.71. The van der Waals surface area contributed by atoms with E-state index in [1.165, 1.54) is 0 Å². The van der Waals surface area contributed by atoms with Crippen molar-refractivity contribution in [3.8, 4) is 0 Å². The van der Waals surface area contributed by atoms with Crippen LogP contribution in [0.3, 0.4) is 0 Å². The van der Waals surface area contributed by atoms with Crippen molar-refractivity contribution in [2.75, 3.05) is 18.4 Å². The van der Waals surface area contributed by atoms with Gasteiger partial charge in [-0.25, -0.2) is 8.42 Å². The van der Waals surface area contributed by atoms with Gasteiger partial charge in [-0.15, -0.1) is 0 Å². The summed E-state index contributed by atoms with van der Waals surface area (Å²) in [6.07, 6.45) is 3.11. The Morgan fingerprint density at radius 1 is 1.33 bits per heavy atom. The Bertz CT molecular complexity index is 722. The molecule has 1 aliphatic carbocycles. The third-order valence-corrected chi connectivity index (χ3v) is 7.56. The van der Waals surface area contributed by atoms with Crippen molar-refractivity contribution in [3.05, 3.63) is 29.8 Å². The summed E-state index contributed by atoms with van der Waals surface area (Å²) in [5.74, 6) is 0.177. The molecule has 1 atom stereocenters. The first-order chi connectivity index (χ1) is 11.3. The maximum Gasteiger partial charge on any atom is 0.228 e. The topological polar surface area (TPSA) is 75.3 Å². The molecule has 132 valence electrons. The Hall–Kier alpha value is -1.40. The van der Waals surface area contributed by atoms with Crippen LogP contribution in [0.1, 0.15) is 38.7 Å². The Labute approximate surface area is 144 Å². The van der Waals surface area contributed by atoms with E-state index in [9.17, 15) is 13.2 Å². The van der Waals surface area contributed by atoms with Gasteiger partial charge in [0.25, 0.3) is 0 Å². The van der Waals surface area contributed by atoms with Crippen LogP contribution in [-0.4, -0.2) is 32.7 Å². The van der Waals surface area contributed by atoms with Crippen LogP contribution < -0.4 is 10.6 Å². The molecule has 1 amide bonds. The quantitative estimate of drug-likeness (QED) is 0.855. The molecule has 1 unspecified atom stereocenters. The van der Waals surface area contributed by atoms with Crippen molar-refractivity contribution in [3.63, 3.8) is 0 Å². The Morgan fingerprint density at radius 2 is 2.04 bits per heavy atom.